The van der Waals surface area contributed by atoms with Crippen molar-refractivity contribution in [1.29, 1.82) is 0 Å². The Bertz CT molecular complexity index is 226. The Balaban J connectivity index is 1.71. The Morgan fingerprint density at radius 1 is 1.06 bits per heavy atom. The lowest BCUT2D eigenvalue weighted by molar-refractivity contribution is 0.184. The molecule has 1 atom stereocenters. The average Bonchev–Trinajstić information content (AvgIpc) is 2.75. The smallest absolute Gasteiger partial charge is 0.00966 e. The van der Waals surface area contributed by atoms with Crippen LogP contribution in [-0.4, -0.2) is 36.1 Å². The van der Waals surface area contributed by atoms with Crippen LogP contribution in [-0.2, 0) is 0 Å². The third-order valence-electron chi connectivity index (χ3n) is 4.33. The van der Waals surface area contributed by atoms with Crippen LogP contribution in [0.2, 0.25) is 0 Å². The van der Waals surface area contributed by atoms with Gasteiger partial charge in [0.25, 0.3) is 0 Å². The molecule has 1 N–H and O–H groups in total. The maximum atomic E-state index is 3.66. The zero-order valence-corrected chi connectivity index (χ0v) is 12.0. The van der Waals surface area contributed by atoms with Crippen molar-refractivity contribution in [3.8, 4) is 0 Å². The number of likely N-dealkylation sites (tertiary alicyclic amines) is 1. The third kappa shape index (κ3) is 4.26. The van der Waals surface area contributed by atoms with Crippen molar-refractivity contribution in [2.75, 3.05) is 19.6 Å². The summed E-state index contributed by atoms with van der Waals surface area (Å²) in [5, 5.41) is 3.66. The van der Waals surface area contributed by atoms with Gasteiger partial charge in [-0.05, 0) is 59.0 Å². The third-order valence-corrected chi connectivity index (χ3v) is 4.33. The first-order chi connectivity index (χ1) is 8.04. The van der Waals surface area contributed by atoms with Gasteiger partial charge in [0, 0.05) is 18.1 Å². The van der Waals surface area contributed by atoms with E-state index in [1.807, 2.05) is 0 Å². The zero-order valence-electron chi connectivity index (χ0n) is 12.0. The Morgan fingerprint density at radius 2 is 1.76 bits per heavy atom. The van der Waals surface area contributed by atoms with Crippen molar-refractivity contribution in [1.82, 2.24) is 10.2 Å². The maximum Gasteiger partial charge on any atom is 0.00966 e. The quantitative estimate of drug-likeness (QED) is 0.813. The maximum absolute atomic E-state index is 3.66. The first-order valence-corrected chi connectivity index (χ1v) is 7.54. The van der Waals surface area contributed by atoms with Crippen molar-refractivity contribution in [2.45, 2.75) is 70.9 Å². The largest absolute Gasteiger partial charge is 0.312 e. The summed E-state index contributed by atoms with van der Waals surface area (Å²) in [5.74, 6) is 0.885. The molecule has 2 nitrogen and oxygen atoms in total. The number of nitrogens with one attached hydrogen (secondary N) is 1. The van der Waals surface area contributed by atoms with Crippen LogP contribution in [0.1, 0.15) is 59.3 Å². The van der Waals surface area contributed by atoms with Crippen molar-refractivity contribution in [3.05, 3.63) is 0 Å². The molecule has 2 aliphatic rings. The average molecular weight is 238 g/mol. The van der Waals surface area contributed by atoms with E-state index in [4.69, 9.17) is 0 Å². The minimum Gasteiger partial charge on any atom is -0.312 e. The Hall–Kier alpha value is -0.0800. The van der Waals surface area contributed by atoms with Crippen LogP contribution < -0.4 is 5.32 Å². The predicted molar refractivity (Wildman–Crippen MR) is 74.3 cm³/mol. The number of nitrogens with zero attached hydrogens (tertiary/aromatic N) is 1. The minimum atomic E-state index is 0.276. The first-order valence-electron chi connectivity index (χ1n) is 7.54. The summed E-state index contributed by atoms with van der Waals surface area (Å²) in [4.78, 5) is 2.77. The summed E-state index contributed by atoms with van der Waals surface area (Å²) in [6.45, 7) is 10.7. The fourth-order valence-corrected chi connectivity index (χ4v) is 3.26. The van der Waals surface area contributed by atoms with Crippen LogP contribution in [0.4, 0.5) is 0 Å². The van der Waals surface area contributed by atoms with Gasteiger partial charge in [0.2, 0.25) is 0 Å². The molecule has 1 aliphatic carbocycles. The Kier molecular flexibility index (Phi) is 4.48. The topological polar surface area (TPSA) is 15.3 Å². The number of hydrogen-bond acceptors (Lipinski definition) is 2. The van der Waals surface area contributed by atoms with Gasteiger partial charge < -0.3 is 10.2 Å². The zero-order chi connectivity index (χ0) is 12.3. The molecule has 0 radical (unpaired) electrons. The van der Waals surface area contributed by atoms with Crippen molar-refractivity contribution < 1.29 is 0 Å². The van der Waals surface area contributed by atoms with Gasteiger partial charge in [0.05, 0.1) is 0 Å². The molecule has 0 amide bonds. The summed E-state index contributed by atoms with van der Waals surface area (Å²) in [5.41, 5.74) is 0.276. The molecule has 0 unspecified atom stereocenters. The molecule has 2 rings (SSSR count). The van der Waals surface area contributed by atoms with Gasteiger partial charge in [-0.3, -0.25) is 0 Å². The van der Waals surface area contributed by atoms with Crippen LogP contribution in [0.3, 0.4) is 0 Å². The first kappa shape index (κ1) is 13.4. The van der Waals surface area contributed by atoms with Gasteiger partial charge in [-0.1, -0.05) is 19.3 Å². The normalized spacial score (nSPS) is 28.8. The molecule has 1 aliphatic heterocycles. The van der Waals surface area contributed by atoms with Gasteiger partial charge in [0.15, 0.2) is 0 Å². The van der Waals surface area contributed by atoms with Crippen LogP contribution in [0.15, 0.2) is 0 Å². The standard InChI is InChI=1S/C15H30N2/c1-15(2,3)16-11-13-9-10-17(12-13)14-7-5-4-6-8-14/h13-14,16H,4-12H2,1-3H3/t13-/m1/s1. The minimum absolute atomic E-state index is 0.276. The second kappa shape index (κ2) is 5.71. The molecule has 17 heavy (non-hydrogen) atoms. The van der Waals surface area contributed by atoms with Crippen LogP contribution in [0, 0.1) is 5.92 Å². The molecule has 0 aromatic heterocycles. The fourth-order valence-electron chi connectivity index (χ4n) is 3.26. The summed E-state index contributed by atoms with van der Waals surface area (Å²) >= 11 is 0. The highest BCUT2D eigenvalue weighted by molar-refractivity contribution is 4.85. The molecule has 0 aromatic carbocycles. The molecular formula is C15H30N2. The van der Waals surface area contributed by atoms with Crippen LogP contribution in [0.25, 0.3) is 0 Å². The molecular weight excluding hydrogens is 208 g/mol. The highest BCUT2D eigenvalue weighted by Gasteiger charge is 2.29. The summed E-state index contributed by atoms with van der Waals surface area (Å²) < 4.78 is 0. The van der Waals surface area contributed by atoms with Crippen molar-refractivity contribution in [3.63, 3.8) is 0 Å². The van der Waals surface area contributed by atoms with E-state index in [9.17, 15) is 0 Å². The van der Waals surface area contributed by atoms with E-state index in [0.717, 1.165) is 12.0 Å². The molecule has 0 aromatic rings. The molecule has 2 fully saturated rings. The van der Waals surface area contributed by atoms with Gasteiger partial charge >= 0.3 is 0 Å². The second-order valence-electron chi connectivity index (χ2n) is 7.07. The van der Waals surface area contributed by atoms with E-state index in [2.05, 4.69) is 31.0 Å². The molecule has 1 heterocycles. The lowest BCUT2D eigenvalue weighted by Gasteiger charge is -2.31. The van der Waals surface area contributed by atoms with Gasteiger partial charge in [-0.25, -0.2) is 0 Å². The Morgan fingerprint density at radius 3 is 2.41 bits per heavy atom. The fraction of sp³-hybridized carbons (Fsp3) is 1.00. The van der Waals surface area contributed by atoms with Gasteiger partial charge in [-0.15, -0.1) is 0 Å². The monoisotopic (exact) mass is 238 g/mol. The highest BCUT2D eigenvalue weighted by atomic mass is 15.2. The molecule has 100 valence electrons. The van der Waals surface area contributed by atoms with E-state index in [0.29, 0.717) is 0 Å². The lowest BCUT2D eigenvalue weighted by atomic mass is 9.94. The summed E-state index contributed by atoms with van der Waals surface area (Å²) in [7, 11) is 0. The molecule has 0 spiro atoms. The summed E-state index contributed by atoms with van der Waals surface area (Å²) in [6, 6.07) is 0.920. The number of rotatable bonds is 3. The van der Waals surface area contributed by atoms with E-state index in [1.165, 1.54) is 58.2 Å². The van der Waals surface area contributed by atoms with E-state index >= 15 is 0 Å². The van der Waals surface area contributed by atoms with Gasteiger partial charge in [0.1, 0.15) is 0 Å². The molecule has 0 bridgehead atoms. The highest BCUT2D eigenvalue weighted by Crippen LogP contribution is 2.27. The van der Waals surface area contributed by atoms with Crippen LogP contribution in [0.5, 0.6) is 0 Å². The van der Waals surface area contributed by atoms with E-state index < -0.39 is 0 Å². The number of hydrogen-bond donors (Lipinski definition) is 1. The van der Waals surface area contributed by atoms with Crippen molar-refractivity contribution >= 4 is 0 Å². The summed E-state index contributed by atoms with van der Waals surface area (Å²) in [6.07, 6.45) is 8.72. The van der Waals surface area contributed by atoms with E-state index in [1.54, 1.807) is 0 Å². The molecule has 2 heteroatoms. The predicted octanol–water partition coefficient (Wildman–Crippen LogP) is 3.03. The Labute approximate surface area is 107 Å². The lowest BCUT2D eigenvalue weighted by Crippen LogP contribution is -2.40. The van der Waals surface area contributed by atoms with E-state index in [-0.39, 0.29) is 5.54 Å². The molecule has 1 saturated carbocycles. The SMILES string of the molecule is CC(C)(C)NC[C@H]1CCN(C2CCCCC2)C1. The van der Waals surface area contributed by atoms with Gasteiger partial charge in [-0.2, -0.15) is 0 Å². The van der Waals surface area contributed by atoms with Crippen LogP contribution >= 0.6 is 0 Å². The van der Waals surface area contributed by atoms with Crippen molar-refractivity contribution in [2.24, 2.45) is 5.92 Å². The molecule has 1 saturated heterocycles. The second-order valence-corrected chi connectivity index (χ2v) is 7.07.